The molecule has 0 N–H and O–H groups in total. The topological polar surface area (TPSA) is 36.9 Å². The number of hydrogen-bond donors (Lipinski definition) is 0. The standard InChI is InChI=1S/C17H34O4/c1-4-7-14-18-20-16-11-9-10-13-17(16,12-6-3)21-19-15-8-5-2/h16H,4-15H2,1-3H3. The average Bonchev–Trinajstić information content (AvgIpc) is 2.50. The van der Waals surface area contributed by atoms with Gasteiger partial charge in [0.05, 0.1) is 13.2 Å². The predicted octanol–water partition coefficient (Wildman–Crippen LogP) is 4.96. The zero-order valence-corrected chi connectivity index (χ0v) is 14.2. The summed E-state index contributed by atoms with van der Waals surface area (Å²) in [5, 5.41) is 0. The lowest BCUT2D eigenvalue weighted by Crippen LogP contribution is -2.48. The Labute approximate surface area is 130 Å². The molecule has 126 valence electrons. The maximum Gasteiger partial charge on any atom is 0.133 e. The van der Waals surface area contributed by atoms with Crippen molar-refractivity contribution in [3.05, 3.63) is 0 Å². The van der Waals surface area contributed by atoms with Crippen LogP contribution in [0.5, 0.6) is 0 Å². The van der Waals surface area contributed by atoms with Crippen molar-refractivity contribution >= 4 is 0 Å². The number of rotatable bonds is 12. The molecule has 21 heavy (non-hydrogen) atoms. The molecule has 4 heteroatoms. The van der Waals surface area contributed by atoms with Gasteiger partial charge in [0.25, 0.3) is 0 Å². The highest BCUT2D eigenvalue weighted by Gasteiger charge is 2.44. The van der Waals surface area contributed by atoms with E-state index in [1.807, 2.05) is 0 Å². The van der Waals surface area contributed by atoms with E-state index in [2.05, 4.69) is 20.8 Å². The van der Waals surface area contributed by atoms with Gasteiger partial charge in [0.1, 0.15) is 11.7 Å². The fourth-order valence-corrected chi connectivity index (χ4v) is 2.86. The third-order valence-corrected chi connectivity index (χ3v) is 4.15. The predicted molar refractivity (Wildman–Crippen MR) is 83.8 cm³/mol. The molecule has 0 aromatic heterocycles. The van der Waals surface area contributed by atoms with Crippen LogP contribution in [0.2, 0.25) is 0 Å². The molecule has 0 radical (unpaired) electrons. The summed E-state index contributed by atoms with van der Waals surface area (Å²) >= 11 is 0. The summed E-state index contributed by atoms with van der Waals surface area (Å²) < 4.78 is 0. The normalized spacial score (nSPS) is 26.1. The molecule has 4 nitrogen and oxygen atoms in total. The summed E-state index contributed by atoms with van der Waals surface area (Å²) in [6.45, 7) is 7.80. The average molecular weight is 302 g/mol. The van der Waals surface area contributed by atoms with E-state index < -0.39 is 0 Å². The molecule has 0 spiro atoms. The lowest BCUT2D eigenvalue weighted by Gasteiger charge is -2.41. The van der Waals surface area contributed by atoms with Crippen molar-refractivity contribution in [1.82, 2.24) is 0 Å². The van der Waals surface area contributed by atoms with Crippen LogP contribution in [-0.2, 0) is 19.6 Å². The van der Waals surface area contributed by atoms with Gasteiger partial charge >= 0.3 is 0 Å². The summed E-state index contributed by atoms with van der Waals surface area (Å²) in [6.07, 6.45) is 10.6. The molecule has 1 aliphatic carbocycles. The first-order chi connectivity index (χ1) is 10.3. The van der Waals surface area contributed by atoms with E-state index in [0.29, 0.717) is 13.2 Å². The second-order valence-electron chi connectivity index (χ2n) is 6.08. The molecule has 0 aromatic carbocycles. The SMILES string of the molecule is CCCCOOC1CCCCC1(CCC)OOCCCC. The van der Waals surface area contributed by atoms with Crippen molar-refractivity contribution in [1.29, 1.82) is 0 Å². The van der Waals surface area contributed by atoms with Gasteiger partial charge in [-0.15, -0.1) is 0 Å². The molecule has 1 aliphatic rings. The van der Waals surface area contributed by atoms with E-state index in [1.54, 1.807) is 0 Å². The molecule has 0 aromatic rings. The zero-order valence-electron chi connectivity index (χ0n) is 14.2. The third-order valence-electron chi connectivity index (χ3n) is 4.15. The largest absolute Gasteiger partial charge is 0.236 e. The molecular formula is C17H34O4. The Hall–Kier alpha value is -0.160. The Balaban J connectivity index is 2.51. The van der Waals surface area contributed by atoms with E-state index in [-0.39, 0.29) is 11.7 Å². The highest BCUT2D eigenvalue weighted by atomic mass is 17.2. The zero-order chi connectivity index (χ0) is 15.4. The van der Waals surface area contributed by atoms with Crippen LogP contribution in [0.3, 0.4) is 0 Å². The smallest absolute Gasteiger partial charge is 0.133 e. The van der Waals surface area contributed by atoms with E-state index in [0.717, 1.165) is 51.4 Å². The molecule has 0 heterocycles. The maximum absolute atomic E-state index is 5.88. The number of unbranched alkanes of at least 4 members (excludes halogenated alkanes) is 2. The highest BCUT2D eigenvalue weighted by Crippen LogP contribution is 2.38. The monoisotopic (exact) mass is 302 g/mol. The lowest BCUT2D eigenvalue weighted by molar-refractivity contribution is -0.430. The summed E-state index contributed by atoms with van der Waals surface area (Å²) in [5.41, 5.74) is -0.326. The maximum atomic E-state index is 5.88. The van der Waals surface area contributed by atoms with Crippen LogP contribution < -0.4 is 0 Å². The summed E-state index contributed by atoms with van der Waals surface area (Å²) in [5.74, 6) is 0. The molecule has 1 rings (SSSR count). The van der Waals surface area contributed by atoms with Crippen LogP contribution in [0, 0.1) is 0 Å². The van der Waals surface area contributed by atoms with Crippen molar-refractivity contribution in [3.8, 4) is 0 Å². The van der Waals surface area contributed by atoms with Gasteiger partial charge < -0.3 is 0 Å². The van der Waals surface area contributed by atoms with Crippen LogP contribution in [0.4, 0.5) is 0 Å². The molecule has 0 aliphatic heterocycles. The Kier molecular flexibility index (Phi) is 10.3. The van der Waals surface area contributed by atoms with E-state index in [1.165, 1.54) is 12.8 Å². The van der Waals surface area contributed by atoms with Gasteiger partial charge in [0.2, 0.25) is 0 Å². The Morgan fingerprint density at radius 3 is 2.29 bits per heavy atom. The minimum Gasteiger partial charge on any atom is -0.236 e. The summed E-state index contributed by atoms with van der Waals surface area (Å²) in [4.78, 5) is 22.5. The van der Waals surface area contributed by atoms with Crippen LogP contribution in [0.1, 0.15) is 85.0 Å². The molecule has 2 atom stereocenters. The molecule has 1 fully saturated rings. The minimum absolute atomic E-state index is 0.00955. The van der Waals surface area contributed by atoms with Gasteiger partial charge in [-0.3, -0.25) is 0 Å². The van der Waals surface area contributed by atoms with Crippen molar-refractivity contribution in [3.63, 3.8) is 0 Å². The lowest BCUT2D eigenvalue weighted by atomic mass is 9.79. The van der Waals surface area contributed by atoms with E-state index >= 15 is 0 Å². The molecule has 2 unspecified atom stereocenters. The highest BCUT2D eigenvalue weighted by molar-refractivity contribution is 4.91. The molecule has 1 saturated carbocycles. The van der Waals surface area contributed by atoms with Crippen LogP contribution in [0.15, 0.2) is 0 Å². The van der Waals surface area contributed by atoms with Gasteiger partial charge in [-0.05, 0) is 32.1 Å². The molecule has 0 saturated heterocycles. The molecule has 0 amide bonds. The van der Waals surface area contributed by atoms with Crippen LogP contribution >= 0.6 is 0 Å². The second kappa shape index (κ2) is 11.4. The van der Waals surface area contributed by atoms with E-state index in [9.17, 15) is 0 Å². The molecule has 0 bridgehead atoms. The van der Waals surface area contributed by atoms with Crippen molar-refractivity contribution in [2.45, 2.75) is 96.7 Å². The summed E-state index contributed by atoms with van der Waals surface area (Å²) in [6, 6.07) is 0. The van der Waals surface area contributed by atoms with Gasteiger partial charge in [-0.1, -0.05) is 52.9 Å². The van der Waals surface area contributed by atoms with Crippen LogP contribution in [0.25, 0.3) is 0 Å². The van der Waals surface area contributed by atoms with Crippen molar-refractivity contribution in [2.75, 3.05) is 13.2 Å². The van der Waals surface area contributed by atoms with Gasteiger partial charge in [0, 0.05) is 0 Å². The van der Waals surface area contributed by atoms with E-state index in [4.69, 9.17) is 19.6 Å². The first kappa shape index (κ1) is 18.9. The fourth-order valence-electron chi connectivity index (χ4n) is 2.86. The second-order valence-corrected chi connectivity index (χ2v) is 6.08. The van der Waals surface area contributed by atoms with Gasteiger partial charge in [-0.25, -0.2) is 19.6 Å². The fraction of sp³-hybridized carbons (Fsp3) is 1.00. The van der Waals surface area contributed by atoms with Crippen molar-refractivity contribution in [2.24, 2.45) is 0 Å². The Morgan fingerprint density at radius 1 is 0.905 bits per heavy atom. The quantitative estimate of drug-likeness (QED) is 0.290. The third kappa shape index (κ3) is 6.64. The summed E-state index contributed by atoms with van der Waals surface area (Å²) in [7, 11) is 0. The number of hydrogen-bond acceptors (Lipinski definition) is 4. The van der Waals surface area contributed by atoms with Gasteiger partial charge in [0.15, 0.2) is 0 Å². The first-order valence-electron chi connectivity index (χ1n) is 8.88. The Morgan fingerprint density at radius 2 is 1.62 bits per heavy atom. The van der Waals surface area contributed by atoms with Crippen LogP contribution in [-0.4, -0.2) is 24.9 Å². The minimum atomic E-state index is -0.326. The molecular weight excluding hydrogens is 268 g/mol. The van der Waals surface area contributed by atoms with Gasteiger partial charge in [-0.2, -0.15) is 0 Å². The Bertz CT molecular complexity index is 243. The first-order valence-corrected chi connectivity index (χ1v) is 8.88. The van der Waals surface area contributed by atoms with Crippen molar-refractivity contribution < 1.29 is 19.6 Å².